The van der Waals surface area contributed by atoms with Gasteiger partial charge in [-0.25, -0.2) is 0 Å². The number of furan rings is 1. The standard InChI is InChI=1S/C44H28O/c1-4-14-29(15-5-1)33-27-38(30-16-6-2-7-17-30)44-39-26-32(24-25-40(39)45-41(44)28-33)43-36-22-12-10-20-34(36)42(31-18-8-3-9-19-31)35-21-11-13-23-37(35)43/h1-28H. The summed E-state index contributed by atoms with van der Waals surface area (Å²) in [4.78, 5) is 0. The lowest BCUT2D eigenvalue weighted by Gasteiger charge is -2.17. The van der Waals surface area contributed by atoms with Crippen LogP contribution in [0.5, 0.6) is 0 Å². The van der Waals surface area contributed by atoms with Crippen molar-refractivity contribution in [3.63, 3.8) is 0 Å². The highest BCUT2D eigenvalue weighted by Crippen LogP contribution is 2.46. The van der Waals surface area contributed by atoms with Gasteiger partial charge in [-0.05, 0) is 90.3 Å². The third-order valence-corrected chi connectivity index (χ3v) is 9.05. The summed E-state index contributed by atoms with van der Waals surface area (Å²) >= 11 is 0. The summed E-state index contributed by atoms with van der Waals surface area (Å²) < 4.78 is 6.62. The zero-order valence-corrected chi connectivity index (χ0v) is 24.6. The van der Waals surface area contributed by atoms with Crippen molar-refractivity contribution in [2.24, 2.45) is 0 Å². The summed E-state index contributed by atoms with van der Waals surface area (Å²) in [6.07, 6.45) is 0. The van der Waals surface area contributed by atoms with E-state index in [9.17, 15) is 0 Å². The Morgan fingerprint density at radius 3 is 1.36 bits per heavy atom. The van der Waals surface area contributed by atoms with Gasteiger partial charge in [0, 0.05) is 10.8 Å². The van der Waals surface area contributed by atoms with Crippen LogP contribution >= 0.6 is 0 Å². The molecule has 0 aliphatic heterocycles. The Kier molecular flexibility index (Phi) is 5.89. The molecule has 0 saturated heterocycles. The summed E-state index contributed by atoms with van der Waals surface area (Å²) in [5.74, 6) is 0. The van der Waals surface area contributed by atoms with Crippen LogP contribution in [0.1, 0.15) is 0 Å². The van der Waals surface area contributed by atoms with Crippen LogP contribution in [0.4, 0.5) is 0 Å². The van der Waals surface area contributed by atoms with Gasteiger partial charge in [0.05, 0.1) is 0 Å². The van der Waals surface area contributed by atoms with Crippen LogP contribution in [0.3, 0.4) is 0 Å². The van der Waals surface area contributed by atoms with E-state index in [0.717, 1.165) is 27.5 Å². The summed E-state index contributed by atoms with van der Waals surface area (Å²) in [5, 5.41) is 7.28. The van der Waals surface area contributed by atoms with E-state index in [0.29, 0.717) is 0 Å². The first-order valence-electron chi connectivity index (χ1n) is 15.4. The van der Waals surface area contributed by atoms with E-state index >= 15 is 0 Å². The Labute approximate surface area is 261 Å². The molecule has 0 bridgehead atoms. The van der Waals surface area contributed by atoms with Crippen molar-refractivity contribution < 1.29 is 4.42 Å². The van der Waals surface area contributed by atoms with Gasteiger partial charge < -0.3 is 4.42 Å². The molecule has 1 heteroatoms. The predicted octanol–water partition coefficient (Wildman–Crippen LogP) is 12.6. The molecule has 0 saturated carbocycles. The van der Waals surface area contributed by atoms with Gasteiger partial charge in [-0.3, -0.25) is 0 Å². The van der Waals surface area contributed by atoms with Crippen LogP contribution in [-0.2, 0) is 0 Å². The van der Waals surface area contributed by atoms with Crippen LogP contribution in [-0.4, -0.2) is 0 Å². The molecule has 0 aliphatic rings. The van der Waals surface area contributed by atoms with Gasteiger partial charge in [0.15, 0.2) is 0 Å². The van der Waals surface area contributed by atoms with Gasteiger partial charge in [-0.1, -0.05) is 146 Å². The van der Waals surface area contributed by atoms with E-state index in [1.165, 1.54) is 60.5 Å². The van der Waals surface area contributed by atoms with E-state index in [2.05, 4.69) is 170 Å². The smallest absolute Gasteiger partial charge is 0.136 e. The van der Waals surface area contributed by atoms with Crippen molar-refractivity contribution in [1.29, 1.82) is 0 Å². The normalized spacial score (nSPS) is 11.6. The Morgan fingerprint density at radius 1 is 0.289 bits per heavy atom. The van der Waals surface area contributed by atoms with Crippen LogP contribution in [0.25, 0.3) is 88.0 Å². The van der Waals surface area contributed by atoms with Crippen molar-refractivity contribution in [2.75, 3.05) is 0 Å². The molecule has 210 valence electrons. The molecule has 0 atom stereocenters. The summed E-state index contributed by atoms with van der Waals surface area (Å²) in [5.41, 5.74) is 11.4. The molecule has 0 N–H and O–H groups in total. The highest BCUT2D eigenvalue weighted by atomic mass is 16.3. The largest absolute Gasteiger partial charge is 0.456 e. The Bertz CT molecular complexity index is 2450. The fourth-order valence-electron chi connectivity index (χ4n) is 7.06. The number of hydrogen-bond acceptors (Lipinski definition) is 1. The average Bonchev–Trinajstić information content (AvgIpc) is 3.49. The highest BCUT2D eigenvalue weighted by molar-refractivity contribution is 6.22. The van der Waals surface area contributed by atoms with E-state index in [4.69, 9.17) is 4.42 Å². The first kappa shape index (κ1) is 25.6. The second-order valence-electron chi connectivity index (χ2n) is 11.6. The molecule has 0 aliphatic carbocycles. The van der Waals surface area contributed by atoms with Crippen molar-refractivity contribution in [1.82, 2.24) is 0 Å². The molecule has 0 radical (unpaired) electrons. The maximum atomic E-state index is 6.62. The monoisotopic (exact) mass is 572 g/mol. The Balaban J connectivity index is 1.36. The molecule has 45 heavy (non-hydrogen) atoms. The Morgan fingerprint density at radius 2 is 0.778 bits per heavy atom. The van der Waals surface area contributed by atoms with Gasteiger partial charge in [-0.15, -0.1) is 0 Å². The molecule has 9 rings (SSSR count). The SMILES string of the molecule is c1ccc(-c2cc(-c3ccccc3)c3c(c2)oc2ccc(-c4c5ccccc5c(-c5ccccc5)c5ccccc45)cc23)cc1. The lowest BCUT2D eigenvalue weighted by atomic mass is 9.85. The quantitative estimate of drug-likeness (QED) is 0.191. The zero-order chi connectivity index (χ0) is 29.7. The minimum atomic E-state index is 0.894. The fraction of sp³-hybridized carbons (Fsp3) is 0. The fourth-order valence-corrected chi connectivity index (χ4v) is 7.06. The van der Waals surface area contributed by atoms with Gasteiger partial charge in [0.2, 0.25) is 0 Å². The first-order valence-corrected chi connectivity index (χ1v) is 15.4. The van der Waals surface area contributed by atoms with E-state index < -0.39 is 0 Å². The molecule has 1 aromatic heterocycles. The molecule has 0 fully saturated rings. The summed E-state index contributed by atoms with van der Waals surface area (Å²) in [6, 6.07) is 60.9. The predicted molar refractivity (Wildman–Crippen MR) is 190 cm³/mol. The molecule has 1 heterocycles. The van der Waals surface area contributed by atoms with Crippen LogP contribution in [0, 0.1) is 0 Å². The minimum absolute atomic E-state index is 0.894. The molecule has 1 nitrogen and oxygen atoms in total. The van der Waals surface area contributed by atoms with E-state index in [1.54, 1.807) is 0 Å². The van der Waals surface area contributed by atoms with E-state index in [1.807, 2.05) is 0 Å². The van der Waals surface area contributed by atoms with Crippen molar-refractivity contribution in [3.05, 3.63) is 170 Å². The molecule has 0 amide bonds. The molecule has 0 spiro atoms. The van der Waals surface area contributed by atoms with Crippen molar-refractivity contribution in [3.8, 4) is 44.5 Å². The lowest BCUT2D eigenvalue weighted by Crippen LogP contribution is -1.90. The van der Waals surface area contributed by atoms with Crippen LogP contribution in [0.15, 0.2) is 174 Å². The number of hydrogen-bond donors (Lipinski definition) is 0. The molecular weight excluding hydrogens is 544 g/mol. The molecular formula is C44H28O. The summed E-state index contributed by atoms with van der Waals surface area (Å²) in [7, 11) is 0. The maximum absolute atomic E-state index is 6.62. The second kappa shape index (κ2) is 10.4. The molecule has 0 unspecified atom stereocenters. The van der Waals surface area contributed by atoms with Gasteiger partial charge >= 0.3 is 0 Å². The maximum Gasteiger partial charge on any atom is 0.136 e. The van der Waals surface area contributed by atoms with Gasteiger partial charge in [-0.2, -0.15) is 0 Å². The number of benzene rings is 8. The second-order valence-corrected chi connectivity index (χ2v) is 11.6. The number of rotatable bonds is 4. The molecule has 8 aromatic carbocycles. The summed E-state index contributed by atoms with van der Waals surface area (Å²) in [6.45, 7) is 0. The Hall–Kier alpha value is -5.92. The average molecular weight is 573 g/mol. The molecule has 9 aromatic rings. The van der Waals surface area contributed by atoms with Gasteiger partial charge in [0.25, 0.3) is 0 Å². The van der Waals surface area contributed by atoms with E-state index in [-0.39, 0.29) is 0 Å². The van der Waals surface area contributed by atoms with Crippen LogP contribution < -0.4 is 0 Å². The van der Waals surface area contributed by atoms with Crippen LogP contribution in [0.2, 0.25) is 0 Å². The third-order valence-electron chi connectivity index (χ3n) is 9.05. The minimum Gasteiger partial charge on any atom is -0.456 e. The number of fused-ring (bicyclic) bond motifs is 5. The lowest BCUT2D eigenvalue weighted by molar-refractivity contribution is 0.669. The zero-order valence-electron chi connectivity index (χ0n) is 24.6. The third kappa shape index (κ3) is 4.17. The van der Waals surface area contributed by atoms with Crippen molar-refractivity contribution in [2.45, 2.75) is 0 Å². The topological polar surface area (TPSA) is 13.1 Å². The van der Waals surface area contributed by atoms with Gasteiger partial charge in [0.1, 0.15) is 11.2 Å². The first-order chi connectivity index (χ1) is 22.3. The highest BCUT2D eigenvalue weighted by Gasteiger charge is 2.19. The van der Waals surface area contributed by atoms with Crippen molar-refractivity contribution >= 4 is 43.5 Å².